The number of urea groups is 1. The van der Waals surface area contributed by atoms with Gasteiger partial charge in [0, 0.05) is 26.2 Å². The van der Waals surface area contributed by atoms with Crippen LogP contribution in [-0.4, -0.2) is 54.0 Å². The van der Waals surface area contributed by atoms with Crippen LogP contribution < -0.4 is 11.1 Å². The van der Waals surface area contributed by atoms with Crippen molar-refractivity contribution in [3.63, 3.8) is 0 Å². The maximum absolute atomic E-state index is 12.5. The van der Waals surface area contributed by atoms with Crippen LogP contribution in [0.15, 0.2) is 18.2 Å². The minimum atomic E-state index is -0.138. The van der Waals surface area contributed by atoms with E-state index in [-0.39, 0.29) is 18.0 Å². The molecule has 0 spiro atoms. The summed E-state index contributed by atoms with van der Waals surface area (Å²) in [7, 11) is 0. The number of hydrogen-bond acceptors (Lipinski definition) is 3. The molecule has 2 aliphatic heterocycles. The molecule has 0 bridgehead atoms. The van der Waals surface area contributed by atoms with Crippen LogP contribution in [0.4, 0.5) is 10.5 Å². The number of nitrogens with two attached hydrogens (primary N) is 1. The Kier molecular flexibility index (Phi) is 3.17. The summed E-state index contributed by atoms with van der Waals surface area (Å²) in [5.74, 6) is -0.138. The van der Waals surface area contributed by atoms with E-state index in [1.54, 1.807) is 28.0 Å². The molecule has 3 amide bonds. The molecule has 20 heavy (non-hydrogen) atoms. The Bertz CT molecular complexity index is 577. The third-order valence-corrected chi connectivity index (χ3v) is 4.20. The number of amides is 3. The van der Waals surface area contributed by atoms with E-state index in [1.807, 2.05) is 0 Å². The fourth-order valence-electron chi connectivity index (χ4n) is 2.67. The Balaban J connectivity index is 1.79. The van der Waals surface area contributed by atoms with E-state index >= 15 is 0 Å². The number of halogens is 1. The van der Waals surface area contributed by atoms with Crippen molar-refractivity contribution in [1.29, 1.82) is 0 Å². The van der Waals surface area contributed by atoms with Crippen molar-refractivity contribution in [1.82, 2.24) is 15.1 Å². The fourth-order valence-corrected chi connectivity index (χ4v) is 2.88. The molecule has 1 atom stereocenters. The number of nitrogens with one attached hydrogen (secondary N) is 1. The average molecular weight is 295 g/mol. The molecule has 2 fully saturated rings. The number of benzene rings is 1. The second-order valence-corrected chi connectivity index (χ2v) is 5.37. The molecule has 1 aromatic carbocycles. The zero-order valence-electron chi connectivity index (χ0n) is 10.8. The van der Waals surface area contributed by atoms with Crippen molar-refractivity contribution in [2.24, 2.45) is 0 Å². The van der Waals surface area contributed by atoms with Crippen LogP contribution in [0, 0.1) is 0 Å². The van der Waals surface area contributed by atoms with Gasteiger partial charge in [-0.2, -0.15) is 0 Å². The molecule has 0 aromatic heterocycles. The van der Waals surface area contributed by atoms with Crippen LogP contribution in [0.3, 0.4) is 0 Å². The molecule has 2 aliphatic rings. The van der Waals surface area contributed by atoms with Crippen LogP contribution in [0.2, 0.25) is 5.02 Å². The first-order valence-electron chi connectivity index (χ1n) is 6.45. The smallest absolute Gasteiger partial charge is 0.317 e. The molecular formula is C13H15ClN4O2. The van der Waals surface area contributed by atoms with Gasteiger partial charge in [0.25, 0.3) is 5.91 Å². The predicted octanol–water partition coefficient (Wildman–Crippen LogP) is 0.772. The van der Waals surface area contributed by atoms with Gasteiger partial charge < -0.3 is 20.9 Å². The number of piperazine rings is 1. The van der Waals surface area contributed by atoms with E-state index in [4.69, 9.17) is 17.3 Å². The number of nitrogens with zero attached hydrogens (tertiary/aromatic N) is 2. The van der Waals surface area contributed by atoms with E-state index in [9.17, 15) is 9.59 Å². The molecule has 3 N–H and O–H groups in total. The van der Waals surface area contributed by atoms with E-state index in [0.717, 1.165) is 0 Å². The van der Waals surface area contributed by atoms with Gasteiger partial charge in [-0.15, -0.1) is 0 Å². The number of fused-ring (bicyclic) bond motifs is 1. The zero-order valence-corrected chi connectivity index (χ0v) is 11.6. The van der Waals surface area contributed by atoms with Gasteiger partial charge in [0.2, 0.25) is 0 Å². The summed E-state index contributed by atoms with van der Waals surface area (Å²) in [5, 5.41) is 3.08. The highest BCUT2D eigenvalue weighted by Gasteiger charge is 2.37. The lowest BCUT2D eigenvalue weighted by atomic mass is 10.1. The number of carbonyl (C=O) groups is 2. The lowest BCUT2D eigenvalue weighted by Crippen LogP contribution is -2.53. The molecule has 0 radical (unpaired) electrons. The van der Waals surface area contributed by atoms with E-state index < -0.39 is 0 Å². The van der Waals surface area contributed by atoms with Crippen LogP contribution in [0.5, 0.6) is 0 Å². The minimum absolute atomic E-state index is 0.0417. The summed E-state index contributed by atoms with van der Waals surface area (Å²) in [6.07, 6.45) is 0. The quantitative estimate of drug-likeness (QED) is 0.751. The molecule has 2 saturated heterocycles. The molecule has 6 nitrogen and oxygen atoms in total. The first-order chi connectivity index (χ1) is 9.58. The SMILES string of the molecule is Nc1cccc(C(=O)N2CCN3C(=O)NCC3C2)c1Cl. The minimum Gasteiger partial charge on any atom is -0.398 e. The van der Waals surface area contributed by atoms with Crippen LogP contribution in [0.25, 0.3) is 0 Å². The maximum atomic E-state index is 12.5. The molecule has 3 rings (SSSR count). The van der Waals surface area contributed by atoms with Crippen molar-refractivity contribution in [2.45, 2.75) is 6.04 Å². The molecule has 1 aromatic rings. The Morgan fingerprint density at radius 3 is 3.00 bits per heavy atom. The van der Waals surface area contributed by atoms with Gasteiger partial charge >= 0.3 is 6.03 Å². The average Bonchev–Trinajstić information content (AvgIpc) is 2.82. The Hall–Kier alpha value is -1.95. The van der Waals surface area contributed by atoms with Gasteiger partial charge in [-0.25, -0.2) is 4.79 Å². The summed E-state index contributed by atoms with van der Waals surface area (Å²) in [5.41, 5.74) is 6.54. The van der Waals surface area contributed by atoms with Gasteiger partial charge in [0.15, 0.2) is 0 Å². The number of rotatable bonds is 1. The predicted molar refractivity (Wildman–Crippen MR) is 75.7 cm³/mol. The molecule has 2 heterocycles. The Morgan fingerprint density at radius 1 is 1.40 bits per heavy atom. The lowest BCUT2D eigenvalue weighted by Gasteiger charge is -2.36. The van der Waals surface area contributed by atoms with E-state index in [0.29, 0.717) is 42.5 Å². The summed E-state index contributed by atoms with van der Waals surface area (Å²) in [6, 6.07) is 5.04. The van der Waals surface area contributed by atoms with Gasteiger partial charge in [-0.3, -0.25) is 4.79 Å². The molecule has 0 aliphatic carbocycles. The lowest BCUT2D eigenvalue weighted by molar-refractivity contribution is 0.0617. The number of anilines is 1. The number of carbonyl (C=O) groups excluding carboxylic acids is 2. The second kappa shape index (κ2) is 4.86. The number of nitrogen functional groups attached to an aromatic ring is 1. The highest BCUT2D eigenvalue weighted by Crippen LogP contribution is 2.25. The van der Waals surface area contributed by atoms with E-state index in [2.05, 4.69) is 5.32 Å². The summed E-state index contributed by atoms with van der Waals surface area (Å²) >= 11 is 6.09. The Labute approximate surface area is 121 Å². The van der Waals surface area contributed by atoms with Crippen LogP contribution >= 0.6 is 11.6 Å². The highest BCUT2D eigenvalue weighted by molar-refractivity contribution is 6.36. The summed E-state index contributed by atoms with van der Waals surface area (Å²) in [4.78, 5) is 27.5. The van der Waals surface area contributed by atoms with Crippen molar-refractivity contribution >= 4 is 29.2 Å². The zero-order chi connectivity index (χ0) is 14.3. The largest absolute Gasteiger partial charge is 0.398 e. The topological polar surface area (TPSA) is 78.7 Å². The van der Waals surface area contributed by atoms with Crippen molar-refractivity contribution in [3.8, 4) is 0 Å². The third-order valence-electron chi connectivity index (χ3n) is 3.78. The first kappa shape index (κ1) is 13.1. The van der Waals surface area contributed by atoms with Gasteiger partial charge in [0.05, 0.1) is 22.3 Å². The van der Waals surface area contributed by atoms with Gasteiger partial charge in [-0.05, 0) is 12.1 Å². The van der Waals surface area contributed by atoms with Crippen molar-refractivity contribution in [2.75, 3.05) is 31.9 Å². The Morgan fingerprint density at radius 2 is 2.20 bits per heavy atom. The monoisotopic (exact) mass is 294 g/mol. The van der Waals surface area contributed by atoms with Crippen molar-refractivity contribution in [3.05, 3.63) is 28.8 Å². The third kappa shape index (κ3) is 2.06. The second-order valence-electron chi connectivity index (χ2n) is 4.99. The molecule has 0 saturated carbocycles. The maximum Gasteiger partial charge on any atom is 0.317 e. The normalized spacial score (nSPS) is 21.6. The van der Waals surface area contributed by atoms with E-state index in [1.165, 1.54) is 0 Å². The summed E-state index contributed by atoms with van der Waals surface area (Å²) in [6.45, 7) is 2.14. The number of hydrogen-bond donors (Lipinski definition) is 2. The van der Waals surface area contributed by atoms with Gasteiger partial charge in [-0.1, -0.05) is 17.7 Å². The molecular weight excluding hydrogens is 280 g/mol. The molecule has 106 valence electrons. The highest BCUT2D eigenvalue weighted by atomic mass is 35.5. The van der Waals surface area contributed by atoms with Gasteiger partial charge in [0.1, 0.15) is 0 Å². The fraction of sp³-hybridized carbons (Fsp3) is 0.385. The standard InChI is InChI=1S/C13H15ClN4O2/c14-11-9(2-1-3-10(11)15)12(19)17-4-5-18-8(7-17)6-16-13(18)20/h1-3,8H,4-7,15H2,(H,16,20). The van der Waals surface area contributed by atoms with Crippen LogP contribution in [-0.2, 0) is 0 Å². The summed E-state index contributed by atoms with van der Waals surface area (Å²) < 4.78 is 0. The molecule has 1 unspecified atom stereocenters. The first-order valence-corrected chi connectivity index (χ1v) is 6.83. The molecule has 7 heteroatoms. The van der Waals surface area contributed by atoms with Crippen LogP contribution in [0.1, 0.15) is 10.4 Å². The van der Waals surface area contributed by atoms with Crippen molar-refractivity contribution < 1.29 is 9.59 Å².